The fourth-order valence-corrected chi connectivity index (χ4v) is 2.13. The Bertz CT molecular complexity index is 417. The number of pyridine rings is 1. The number of carbonyl (C=O) groups is 1. The normalized spacial score (nSPS) is 18.3. The molecule has 5 nitrogen and oxygen atoms in total. The first-order chi connectivity index (χ1) is 9.28. The third-order valence-corrected chi connectivity index (χ3v) is 3.22. The minimum absolute atomic E-state index is 0.0614. The van der Waals surface area contributed by atoms with E-state index in [4.69, 9.17) is 9.47 Å². The molecule has 5 heteroatoms. The fraction of sp³-hybridized carbons (Fsp3) is 0.571. The highest BCUT2D eigenvalue weighted by Crippen LogP contribution is 2.16. The van der Waals surface area contributed by atoms with E-state index in [0.717, 1.165) is 31.4 Å². The molecule has 2 heterocycles. The van der Waals surface area contributed by atoms with Gasteiger partial charge in [0.05, 0.1) is 13.2 Å². The van der Waals surface area contributed by atoms with Gasteiger partial charge in [0.1, 0.15) is 0 Å². The number of rotatable bonds is 6. The highest BCUT2D eigenvalue weighted by atomic mass is 16.5. The summed E-state index contributed by atoms with van der Waals surface area (Å²) in [4.78, 5) is 15.7. The van der Waals surface area contributed by atoms with Gasteiger partial charge in [-0.3, -0.25) is 4.79 Å². The van der Waals surface area contributed by atoms with Crippen LogP contribution in [0.4, 0.5) is 0 Å². The van der Waals surface area contributed by atoms with Crippen molar-refractivity contribution in [3.63, 3.8) is 0 Å². The van der Waals surface area contributed by atoms with Crippen LogP contribution in [0.3, 0.4) is 0 Å². The summed E-state index contributed by atoms with van der Waals surface area (Å²) in [7, 11) is 1.58. The van der Waals surface area contributed by atoms with Gasteiger partial charge in [-0.25, -0.2) is 4.98 Å². The third-order valence-electron chi connectivity index (χ3n) is 3.22. The summed E-state index contributed by atoms with van der Waals surface area (Å²) in [6, 6.07) is 3.68. The van der Waals surface area contributed by atoms with Gasteiger partial charge in [0.25, 0.3) is 0 Å². The molecule has 1 atom stereocenters. The van der Waals surface area contributed by atoms with Crippen LogP contribution in [-0.4, -0.2) is 30.7 Å². The molecule has 1 saturated heterocycles. The monoisotopic (exact) mass is 264 g/mol. The summed E-state index contributed by atoms with van der Waals surface area (Å²) in [6.45, 7) is 1.34. The number of hydrogen-bond donors (Lipinski definition) is 1. The second-order valence-corrected chi connectivity index (χ2v) is 4.66. The standard InChI is InChI=1S/C14H20N2O3/c1-18-14-9-11(6-7-15-14)10-16-13(17)5-4-12-3-2-8-19-12/h6-7,9,12H,2-5,8,10H2,1H3,(H,16,17)/t12-/m1/s1. The van der Waals surface area contributed by atoms with Crippen LogP contribution in [0.15, 0.2) is 18.3 Å². The average molecular weight is 264 g/mol. The van der Waals surface area contributed by atoms with E-state index >= 15 is 0 Å². The van der Waals surface area contributed by atoms with Crippen molar-refractivity contribution in [1.82, 2.24) is 10.3 Å². The maximum absolute atomic E-state index is 11.7. The number of carbonyl (C=O) groups excluding carboxylic acids is 1. The Balaban J connectivity index is 1.70. The quantitative estimate of drug-likeness (QED) is 0.849. The van der Waals surface area contributed by atoms with Crippen molar-refractivity contribution in [1.29, 1.82) is 0 Å². The maximum atomic E-state index is 11.7. The van der Waals surface area contributed by atoms with Gasteiger partial charge in [0.15, 0.2) is 0 Å². The van der Waals surface area contributed by atoms with Crippen LogP contribution >= 0.6 is 0 Å². The van der Waals surface area contributed by atoms with Gasteiger partial charge in [0, 0.05) is 31.8 Å². The zero-order valence-corrected chi connectivity index (χ0v) is 11.2. The van der Waals surface area contributed by atoms with E-state index in [1.807, 2.05) is 12.1 Å². The summed E-state index contributed by atoms with van der Waals surface area (Å²) < 4.78 is 10.5. The number of ether oxygens (including phenoxy) is 2. The molecule has 1 aliphatic heterocycles. The number of amides is 1. The summed E-state index contributed by atoms with van der Waals surface area (Å²) in [5.41, 5.74) is 0.984. The summed E-state index contributed by atoms with van der Waals surface area (Å²) in [5, 5.41) is 2.90. The van der Waals surface area contributed by atoms with Gasteiger partial charge in [-0.2, -0.15) is 0 Å². The molecule has 104 valence electrons. The Morgan fingerprint density at radius 1 is 1.63 bits per heavy atom. The molecular weight excluding hydrogens is 244 g/mol. The van der Waals surface area contributed by atoms with E-state index in [-0.39, 0.29) is 12.0 Å². The van der Waals surface area contributed by atoms with Crippen molar-refractivity contribution < 1.29 is 14.3 Å². The van der Waals surface area contributed by atoms with Gasteiger partial charge in [-0.1, -0.05) is 0 Å². The number of nitrogens with zero attached hydrogens (tertiary/aromatic N) is 1. The molecule has 1 aromatic rings. The number of aromatic nitrogens is 1. The molecule has 0 aromatic carbocycles. The van der Waals surface area contributed by atoms with Gasteiger partial charge >= 0.3 is 0 Å². The Morgan fingerprint density at radius 3 is 3.26 bits per heavy atom. The summed E-state index contributed by atoms with van der Waals surface area (Å²) in [6.07, 6.45) is 5.47. The first-order valence-corrected chi connectivity index (χ1v) is 6.65. The predicted octanol–water partition coefficient (Wildman–Crippen LogP) is 1.67. The van der Waals surface area contributed by atoms with E-state index < -0.39 is 0 Å². The molecular formula is C14H20N2O3. The van der Waals surface area contributed by atoms with Gasteiger partial charge in [0.2, 0.25) is 11.8 Å². The largest absolute Gasteiger partial charge is 0.481 e. The molecule has 1 aromatic heterocycles. The van der Waals surface area contributed by atoms with Crippen LogP contribution < -0.4 is 10.1 Å². The van der Waals surface area contributed by atoms with E-state index in [9.17, 15) is 4.79 Å². The smallest absolute Gasteiger partial charge is 0.220 e. The molecule has 1 amide bonds. The Morgan fingerprint density at radius 2 is 2.53 bits per heavy atom. The number of methoxy groups -OCH3 is 1. The SMILES string of the molecule is COc1cc(CNC(=O)CC[C@H]2CCCO2)ccn1. The second kappa shape index (κ2) is 7.09. The first kappa shape index (κ1) is 13.8. The Labute approximate surface area is 113 Å². The Hall–Kier alpha value is -1.62. The van der Waals surface area contributed by atoms with Crippen LogP contribution in [0.25, 0.3) is 0 Å². The molecule has 0 radical (unpaired) electrons. The lowest BCUT2D eigenvalue weighted by Crippen LogP contribution is -2.23. The molecule has 0 aliphatic carbocycles. The van der Waals surface area contributed by atoms with Crippen molar-refractivity contribution in [3.8, 4) is 5.88 Å². The van der Waals surface area contributed by atoms with E-state index in [2.05, 4.69) is 10.3 Å². The van der Waals surface area contributed by atoms with E-state index in [0.29, 0.717) is 18.8 Å². The topological polar surface area (TPSA) is 60.5 Å². The van der Waals surface area contributed by atoms with Crippen molar-refractivity contribution in [2.24, 2.45) is 0 Å². The molecule has 0 spiro atoms. The molecule has 2 rings (SSSR count). The molecule has 0 unspecified atom stereocenters. The number of hydrogen-bond acceptors (Lipinski definition) is 4. The molecule has 19 heavy (non-hydrogen) atoms. The summed E-state index contributed by atoms with van der Waals surface area (Å²) in [5.74, 6) is 0.623. The lowest BCUT2D eigenvalue weighted by molar-refractivity contribution is -0.121. The maximum Gasteiger partial charge on any atom is 0.220 e. The zero-order chi connectivity index (χ0) is 13.5. The minimum Gasteiger partial charge on any atom is -0.481 e. The van der Waals surface area contributed by atoms with Crippen LogP contribution in [0.2, 0.25) is 0 Å². The van der Waals surface area contributed by atoms with Crippen molar-refractivity contribution in [2.45, 2.75) is 38.3 Å². The van der Waals surface area contributed by atoms with Crippen LogP contribution in [0.1, 0.15) is 31.2 Å². The second-order valence-electron chi connectivity index (χ2n) is 4.66. The fourth-order valence-electron chi connectivity index (χ4n) is 2.13. The molecule has 1 fully saturated rings. The highest BCUT2D eigenvalue weighted by molar-refractivity contribution is 5.75. The Kier molecular flexibility index (Phi) is 5.15. The van der Waals surface area contributed by atoms with Crippen LogP contribution in [0.5, 0.6) is 5.88 Å². The van der Waals surface area contributed by atoms with Gasteiger partial charge in [-0.05, 0) is 30.9 Å². The average Bonchev–Trinajstić information content (AvgIpc) is 2.96. The van der Waals surface area contributed by atoms with Gasteiger partial charge < -0.3 is 14.8 Å². The van der Waals surface area contributed by atoms with E-state index in [1.54, 1.807) is 13.3 Å². The lowest BCUT2D eigenvalue weighted by atomic mass is 10.1. The molecule has 1 N–H and O–H groups in total. The van der Waals surface area contributed by atoms with Crippen molar-refractivity contribution in [3.05, 3.63) is 23.9 Å². The highest BCUT2D eigenvalue weighted by Gasteiger charge is 2.16. The third kappa shape index (κ3) is 4.52. The molecule has 0 bridgehead atoms. The van der Waals surface area contributed by atoms with Crippen LogP contribution in [-0.2, 0) is 16.1 Å². The van der Waals surface area contributed by atoms with E-state index in [1.165, 1.54) is 0 Å². The van der Waals surface area contributed by atoms with Gasteiger partial charge in [-0.15, -0.1) is 0 Å². The predicted molar refractivity (Wildman–Crippen MR) is 70.8 cm³/mol. The molecule has 0 saturated carbocycles. The number of nitrogens with one attached hydrogen (secondary N) is 1. The minimum atomic E-state index is 0.0614. The van der Waals surface area contributed by atoms with Crippen molar-refractivity contribution >= 4 is 5.91 Å². The molecule has 1 aliphatic rings. The summed E-state index contributed by atoms with van der Waals surface area (Å²) >= 11 is 0. The zero-order valence-electron chi connectivity index (χ0n) is 11.2. The van der Waals surface area contributed by atoms with Crippen LogP contribution in [0, 0.1) is 0 Å². The first-order valence-electron chi connectivity index (χ1n) is 6.65. The lowest BCUT2D eigenvalue weighted by Gasteiger charge is -2.09. The van der Waals surface area contributed by atoms with Crippen molar-refractivity contribution in [2.75, 3.05) is 13.7 Å².